The molecule has 0 radical (unpaired) electrons. The number of methoxy groups -OCH3 is 1. The zero-order valence-electron chi connectivity index (χ0n) is 15.1. The van der Waals surface area contributed by atoms with Crippen LogP contribution in [0.15, 0.2) is 53.4 Å². The van der Waals surface area contributed by atoms with Crippen molar-refractivity contribution in [3.63, 3.8) is 0 Å². The van der Waals surface area contributed by atoms with Gasteiger partial charge in [0.2, 0.25) is 0 Å². The monoisotopic (exact) mass is 369 g/mol. The van der Waals surface area contributed by atoms with E-state index in [1.165, 1.54) is 0 Å². The highest BCUT2D eigenvalue weighted by atomic mass is 32.2. The van der Waals surface area contributed by atoms with Crippen LogP contribution in [0.4, 0.5) is 5.69 Å². The van der Waals surface area contributed by atoms with E-state index in [0.29, 0.717) is 5.56 Å². The summed E-state index contributed by atoms with van der Waals surface area (Å²) in [5.41, 5.74) is 2.76. The van der Waals surface area contributed by atoms with Crippen LogP contribution in [0.3, 0.4) is 0 Å². The average Bonchev–Trinajstić information content (AvgIpc) is 2.72. The maximum absolute atomic E-state index is 12.4. The van der Waals surface area contributed by atoms with Gasteiger partial charge in [-0.2, -0.15) is 0 Å². The van der Waals surface area contributed by atoms with Gasteiger partial charge in [-0.05, 0) is 54.3 Å². The number of carbonyl (C=O) groups is 1. The highest BCUT2D eigenvalue weighted by Gasteiger charge is 2.11. The van der Waals surface area contributed by atoms with Crippen molar-refractivity contribution in [2.24, 2.45) is 0 Å². The summed E-state index contributed by atoms with van der Waals surface area (Å²) in [7, 11) is 1.66. The number of ketones is 1. The van der Waals surface area contributed by atoms with Crippen molar-refractivity contribution in [3.05, 3.63) is 59.7 Å². The van der Waals surface area contributed by atoms with Gasteiger partial charge < -0.3 is 14.4 Å². The number of hydrogen-bond donors (Lipinski definition) is 0. The topological polar surface area (TPSA) is 38.8 Å². The molecule has 3 rings (SSSR count). The van der Waals surface area contributed by atoms with Gasteiger partial charge in [0, 0.05) is 29.2 Å². The summed E-state index contributed by atoms with van der Waals surface area (Å²) >= 11 is 1.64. The van der Waals surface area contributed by atoms with E-state index in [1.807, 2.05) is 54.8 Å². The lowest BCUT2D eigenvalue weighted by Crippen LogP contribution is -2.36. The van der Waals surface area contributed by atoms with Crippen molar-refractivity contribution in [1.29, 1.82) is 0 Å². The molecule has 1 aliphatic rings. The molecular weight excluding hydrogens is 346 g/mol. The molecule has 0 bridgehead atoms. The molecule has 1 heterocycles. The minimum Gasteiger partial charge on any atom is -0.496 e. The van der Waals surface area contributed by atoms with Crippen LogP contribution in [0.25, 0.3) is 6.08 Å². The van der Waals surface area contributed by atoms with Crippen LogP contribution >= 0.6 is 11.8 Å². The van der Waals surface area contributed by atoms with Crippen LogP contribution < -0.4 is 9.64 Å². The number of ether oxygens (including phenoxy) is 2. The van der Waals surface area contributed by atoms with Gasteiger partial charge in [0.15, 0.2) is 5.78 Å². The summed E-state index contributed by atoms with van der Waals surface area (Å²) in [6.45, 7) is 3.28. The molecule has 1 fully saturated rings. The molecule has 2 aromatic rings. The predicted octanol–water partition coefficient (Wildman–Crippen LogP) is 4.15. The highest BCUT2D eigenvalue weighted by Crippen LogP contribution is 2.28. The molecule has 136 valence electrons. The summed E-state index contributed by atoms with van der Waals surface area (Å²) in [5, 5.41) is 0. The van der Waals surface area contributed by atoms with Gasteiger partial charge in [-0.15, -0.1) is 11.8 Å². The molecule has 4 nitrogen and oxygen atoms in total. The molecule has 2 aromatic carbocycles. The molecule has 0 N–H and O–H groups in total. The average molecular weight is 369 g/mol. The molecular formula is C21H23NO3S. The Morgan fingerprint density at radius 2 is 1.88 bits per heavy atom. The SMILES string of the molecule is COc1cc(/C=C/C(=O)c2ccc(N3CCOCC3)cc2)ccc1SC. The zero-order valence-corrected chi connectivity index (χ0v) is 15.9. The molecule has 0 amide bonds. The summed E-state index contributed by atoms with van der Waals surface area (Å²) in [6.07, 6.45) is 5.44. The predicted molar refractivity (Wildman–Crippen MR) is 108 cm³/mol. The first-order valence-electron chi connectivity index (χ1n) is 8.58. The third-order valence-corrected chi connectivity index (χ3v) is 5.14. The third kappa shape index (κ3) is 4.48. The summed E-state index contributed by atoms with van der Waals surface area (Å²) in [4.78, 5) is 15.8. The van der Waals surface area contributed by atoms with Crippen LogP contribution in [0.5, 0.6) is 5.75 Å². The molecule has 0 unspecified atom stereocenters. The van der Waals surface area contributed by atoms with Crippen LogP contribution in [-0.2, 0) is 4.74 Å². The molecule has 5 heteroatoms. The zero-order chi connectivity index (χ0) is 18.4. The fourth-order valence-corrected chi connectivity index (χ4v) is 3.43. The largest absolute Gasteiger partial charge is 0.496 e. The fraction of sp³-hybridized carbons (Fsp3) is 0.286. The number of rotatable bonds is 6. The van der Waals surface area contributed by atoms with Crippen LogP contribution in [-0.4, -0.2) is 45.5 Å². The second-order valence-electron chi connectivity index (χ2n) is 5.96. The van der Waals surface area contributed by atoms with Gasteiger partial charge in [0.1, 0.15) is 5.75 Å². The molecule has 1 saturated heterocycles. The molecule has 26 heavy (non-hydrogen) atoms. The minimum absolute atomic E-state index is 0.00793. The van der Waals surface area contributed by atoms with Crippen LogP contribution in [0.1, 0.15) is 15.9 Å². The van der Waals surface area contributed by atoms with Gasteiger partial charge in [-0.25, -0.2) is 0 Å². The maximum Gasteiger partial charge on any atom is 0.185 e. The Hall–Kier alpha value is -2.24. The lowest BCUT2D eigenvalue weighted by Gasteiger charge is -2.28. The quantitative estimate of drug-likeness (QED) is 0.434. The number of nitrogens with zero attached hydrogens (tertiary/aromatic N) is 1. The van der Waals surface area contributed by atoms with Gasteiger partial charge in [-0.3, -0.25) is 4.79 Å². The highest BCUT2D eigenvalue weighted by molar-refractivity contribution is 7.98. The maximum atomic E-state index is 12.4. The van der Waals surface area contributed by atoms with Gasteiger partial charge in [0.25, 0.3) is 0 Å². The number of anilines is 1. The molecule has 0 saturated carbocycles. The van der Waals surface area contributed by atoms with Crippen LogP contribution in [0.2, 0.25) is 0 Å². The Morgan fingerprint density at radius 3 is 2.54 bits per heavy atom. The second-order valence-corrected chi connectivity index (χ2v) is 6.81. The Kier molecular flexibility index (Phi) is 6.36. The molecule has 0 atom stereocenters. The normalized spacial score (nSPS) is 14.6. The molecule has 0 aliphatic carbocycles. The Labute approximate surface area is 158 Å². The summed E-state index contributed by atoms with van der Waals surface area (Å²) in [5.74, 6) is 0.813. The van der Waals surface area contributed by atoms with Crippen molar-refractivity contribution in [1.82, 2.24) is 0 Å². The standard InChI is InChI=1S/C21H23NO3S/c1-24-20-15-16(4-10-21(20)26-2)3-9-19(23)17-5-7-18(8-6-17)22-11-13-25-14-12-22/h3-10,15H,11-14H2,1-2H3/b9-3+. The number of morpholine rings is 1. The Morgan fingerprint density at radius 1 is 1.15 bits per heavy atom. The van der Waals surface area contributed by atoms with Gasteiger partial charge in [-0.1, -0.05) is 12.1 Å². The number of hydrogen-bond acceptors (Lipinski definition) is 5. The van der Waals surface area contributed by atoms with Crippen molar-refractivity contribution in [2.75, 3.05) is 44.6 Å². The first-order valence-corrected chi connectivity index (χ1v) is 9.81. The van der Waals surface area contributed by atoms with E-state index in [0.717, 1.165) is 48.2 Å². The van der Waals surface area contributed by atoms with E-state index in [-0.39, 0.29) is 5.78 Å². The van der Waals surface area contributed by atoms with Gasteiger partial charge >= 0.3 is 0 Å². The van der Waals surface area contributed by atoms with Crippen molar-refractivity contribution in [3.8, 4) is 5.75 Å². The Balaban J connectivity index is 1.68. The fourth-order valence-electron chi connectivity index (χ4n) is 2.88. The van der Waals surface area contributed by atoms with E-state index in [9.17, 15) is 4.79 Å². The van der Waals surface area contributed by atoms with E-state index in [2.05, 4.69) is 4.90 Å². The lowest BCUT2D eigenvalue weighted by atomic mass is 10.1. The number of allylic oxidation sites excluding steroid dienone is 1. The van der Waals surface area contributed by atoms with Crippen molar-refractivity contribution >= 4 is 29.3 Å². The van der Waals surface area contributed by atoms with E-state index >= 15 is 0 Å². The minimum atomic E-state index is -0.00793. The van der Waals surface area contributed by atoms with E-state index < -0.39 is 0 Å². The number of thioether (sulfide) groups is 1. The Bertz CT molecular complexity index is 780. The number of carbonyl (C=O) groups excluding carboxylic acids is 1. The van der Waals surface area contributed by atoms with Crippen LogP contribution in [0, 0.1) is 0 Å². The number of benzene rings is 2. The lowest BCUT2D eigenvalue weighted by molar-refractivity contribution is 0.104. The molecule has 0 aromatic heterocycles. The molecule has 0 spiro atoms. The van der Waals surface area contributed by atoms with E-state index in [1.54, 1.807) is 24.9 Å². The molecule has 1 aliphatic heterocycles. The first kappa shape index (κ1) is 18.5. The third-order valence-electron chi connectivity index (χ3n) is 4.36. The van der Waals surface area contributed by atoms with Crippen molar-refractivity contribution < 1.29 is 14.3 Å². The summed E-state index contributed by atoms with van der Waals surface area (Å²) in [6, 6.07) is 13.7. The first-order chi connectivity index (χ1) is 12.7. The van der Waals surface area contributed by atoms with E-state index in [4.69, 9.17) is 9.47 Å². The summed E-state index contributed by atoms with van der Waals surface area (Å²) < 4.78 is 10.8. The smallest absolute Gasteiger partial charge is 0.185 e. The van der Waals surface area contributed by atoms with Gasteiger partial charge in [0.05, 0.1) is 20.3 Å². The second kappa shape index (κ2) is 8.92. The van der Waals surface area contributed by atoms with Crippen molar-refractivity contribution in [2.45, 2.75) is 4.90 Å².